The van der Waals surface area contributed by atoms with Gasteiger partial charge in [-0.2, -0.15) is 13.2 Å². The Hall–Kier alpha value is -3.55. The fraction of sp³-hybridized carbons (Fsp3) is 0.484. The van der Waals surface area contributed by atoms with Crippen LogP contribution in [0.5, 0.6) is 5.75 Å². The van der Waals surface area contributed by atoms with Crippen LogP contribution in [0, 0.1) is 0 Å². The van der Waals surface area contributed by atoms with Crippen LogP contribution in [0.25, 0.3) is 6.08 Å². The molecule has 1 aliphatic rings. The number of aromatic hydroxyl groups is 1. The van der Waals surface area contributed by atoms with E-state index in [4.69, 9.17) is 9.16 Å². The van der Waals surface area contributed by atoms with E-state index in [0.717, 1.165) is 17.0 Å². The summed E-state index contributed by atoms with van der Waals surface area (Å²) >= 11 is 0. The molecule has 0 saturated carbocycles. The van der Waals surface area contributed by atoms with Gasteiger partial charge >= 0.3 is 18.2 Å². The normalized spacial score (nSPS) is 16.1. The number of carbonyl (C=O) groups excluding carboxylic acids is 1. The summed E-state index contributed by atoms with van der Waals surface area (Å²) in [5.74, 6) is -1.65. The molecular weight excluding hydrogens is 597 g/mol. The molecule has 3 rings (SSSR count). The highest BCUT2D eigenvalue weighted by atomic mass is 28.4. The lowest BCUT2D eigenvalue weighted by Gasteiger charge is -2.41. The van der Waals surface area contributed by atoms with E-state index in [-0.39, 0.29) is 28.6 Å². The maximum atomic E-state index is 14.1. The van der Waals surface area contributed by atoms with Crippen LogP contribution in [0.2, 0.25) is 18.1 Å². The smallest absolute Gasteiger partial charge is 0.416 e. The van der Waals surface area contributed by atoms with Gasteiger partial charge in [0.25, 0.3) is 0 Å². The number of phenols is 1. The van der Waals surface area contributed by atoms with Gasteiger partial charge in [-0.3, -0.25) is 0 Å². The molecule has 0 aliphatic carbocycles. The van der Waals surface area contributed by atoms with Crippen molar-refractivity contribution in [2.24, 2.45) is 0 Å². The van der Waals surface area contributed by atoms with Crippen molar-refractivity contribution < 1.29 is 47.2 Å². The number of ether oxygens (including phenoxy) is 1. The number of nitrogens with zero attached hydrogens (tertiary/aromatic N) is 1. The second-order valence-corrected chi connectivity index (χ2v) is 18.1. The highest BCUT2D eigenvalue weighted by Crippen LogP contribution is 2.44. The third-order valence-electron chi connectivity index (χ3n) is 7.65. The van der Waals surface area contributed by atoms with Gasteiger partial charge in [-0.1, -0.05) is 39.0 Å². The quantitative estimate of drug-likeness (QED) is 0.174. The van der Waals surface area contributed by atoms with Gasteiger partial charge in [0, 0.05) is 12.1 Å². The molecule has 0 spiro atoms. The number of anilines is 1. The lowest BCUT2D eigenvalue weighted by Crippen LogP contribution is -2.45. The molecule has 2 atom stereocenters. The highest BCUT2D eigenvalue weighted by molar-refractivity contribution is 6.74. The van der Waals surface area contributed by atoms with Gasteiger partial charge in [0.2, 0.25) is 0 Å². The van der Waals surface area contributed by atoms with Gasteiger partial charge in [0.1, 0.15) is 17.6 Å². The fourth-order valence-corrected chi connectivity index (χ4v) is 5.66. The predicted octanol–water partition coefficient (Wildman–Crippen LogP) is 7.37. The number of aliphatic hydroxyl groups is 1. The average Bonchev–Trinajstić information content (AvgIpc) is 2.86. The number of benzene rings is 2. The molecule has 242 valence electrons. The number of nitrogens with one attached hydrogen (secondary N) is 1. The second kappa shape index (κ2) is 12.4. The molecule has 0 bridgehead atoms. The summed E-state index contributed by atoms with van der Waals surface area (Å²) in [6.07, 6.45) is -4.67. The monoisotopic (exact) mass is 638 g/mol. The fourth-order valence-electron chi connectivity index (χ4n) is 4.40. The van der Waals surface area contributed by atoms with Crippen molar-refractivity contribution in [3.05, 3.63) is 64.2 Å². The van der Waals surface area contributed by atoms with E-state index in [1.807, 2.05) is 33.9 Å². The van der Waals surface area contributed by atoms with Gasteiger partial charge in [0.05, 0.1) is 29.5 Å². The first-order chi connectivity index (χ1) is 20.0. The molecule has 1 amide bonds. The third kappa shape index (κ3) is 8.33. The first kappa shape index (κ1) is 34.9. The number of rotatable bonds is 8. The molecule has 2 aromatic rings. The van der Waals surface area contributed by atoms with E-state index >= 15 is 0 Å². The Labute approximate surface area is 256 Å². The third-order valence-corrected chi connectivity index (χ3v) is 12.1. The topological polar surface area (TPSA) is 129 Å². The Balaban J connectivity index is 2.19. The number of hydrogen-bond donors (Lipinski definition) is 4. The molecule has 1 heterocycles. The van der Waals surface area contributed by atoms with Crippen molar-refractivity contribution in [3.63, 3.8) is 0 Å². The maximum absolute atomic E-state index is 14.1. The van der Waals surface area contributed by atoms with E-state index in [1.165, 1.54) is 12.1 Å². The maximum Gasteiger partial charge on any atom is 0.416 e. The van der Waals surface area contributed by atoms with Crippen molar-refractivity contribution >= 4 is 32.1 Å². The lowest BCUT2D eigenvalue weighted by atomic mass is 9.96. The van der Waals surface area contributed by atoms with Crippen LogP contribution in [0.15, 0.2) is 36.4 Å². The SMILES string of the molecule is CC(C)(C)OC(=O)N(Cc1ccc(C(=O)O)cc1C(F)(F)F)C[C@H](O[Si](C)(C)C(C)(C)C)c1ccc(O)c2c1C=CC(O)N2. The van der Waals surface area contributed by atoms with E-state index < -0.39 is 62.2 Å². The Kier molecular flexibility index (Phi) is 9.88. The van der Waals surface area contributed by atoms with Crippen molar-refractivity contribution in [3.8, 4) is 5.75 Å². The Bertz CT molecular complexity index is 1430. The van der Waals surface area contributed by atoms with Gasteiger partial charge < -0.3 is 34.7 Å². The van der Waals surface area contributed by atoms with Crippen molar-refractivity contribution in [2.75, 3.05) is 11.9 Å². The first-order valence-electron chi connectivity index (χ1n) is 14.1. The minimum absolute atomic E-state index is 0.129. The number of phenolic OH excluding ortho intramolecular Hbond substituents is 1. The van der Waals surface area contributed by atoms with Gasteiger partial charge in [-0.15, -0.1) is 0 Å². The number of hydrogen-bond acceptors (Lipinski definition) is 7. The second-order valence-electron chi connectivity index (χ2n) is 13.3. The number of amides is 1. The van der Waals surface area contributed by atoms with Crippen LogP contribution >= 0.6 is 0 Å². The number of carbonyl (C=O) groups is 2. The summed E-state index contributed by atoms with van der Waals surface area (Å²) in [6, 6.07) is 5.68. The number of fused-ring (bicyclic) bond motifs is 1. The van der Waals surface area contributed by atoms with E-state index in [2.05, 4.69) is 5.32 Å². The molecule has 0 saturated heterocycles. The molecule has 0 aromatic heterocycles. The molecule has 13 heteroatoms. The molecule has 1 aliphatic heterocycles. The zero-order valence-electron chi connectivity index (χ0n) is 26.2. The number of aliphatic hydroxyl groups excluding tert-OH is 1. The van der Waals surface area contributed by atoms with Crippen molar-refractivity contribution in [2.45, 2.75) is 90.3 Å². The molecule has 44 heavy (non-hydrogen) atoms. The van der Waals surface area contributed by atoms with Crippen LogP contribution in [-0.4, -0.2) is 59.0 Å². The zero-order valence-corrected chi connectivity index (χ0v) is 27.2. The number of halogens is 3. The standard InChI is InChI=1S/C31H41F3N2O7Si/c1-29(2,3)42-28(41)36(16-19-10-9-18(27(39)40)15-22(19)31(32,33)34)17-24(43-44(7,8)30(4,5)6)20-11-13-23(37)26-21(20)12-14-25(38)35-26/h9-15,24-25,35,37-38H,16-17H2,1-8H3,(H,39,40)/t24-,25?/m0/s1. The van der Waals surface area contributed by atoms with Gasteiger partial charge in [-0.25, -0.2) is 9.59 Å². The highest BCUT2D eigenvalue weighted by Gasteiger charge is 2.42. The largest absolute Gasteiger partial charge is 0.506 e. The molecule has 1 unspecified atom stereocenters. The van der Waals surface area contributed by atoms with E-state index in [0.29, 0.717) is 17.2 Å². The molecule has 0 fully saturated rings. The number of carboxylic acids is 1. The Morgan fingerprint density at radius 2 is 1.70 bits per heavy atom. The molecule has 0 radical (unpaired) electrons. The molecular formula is C31H41F3N2O7Si. The number of aromatic carboxylic acids is 1. The van der Waals surface area contributed by atoms with Gasteiger partial charge in [0.15, 0.2) is 8.32 Å². The summed E-state index contributed by atoms with van der Waals surface area (Å²) in [5, 5.41) is 32.5. The first-order valence-corrected chi connectivity index (χ1v) is 17.0. The molecule has 4 N–H and O–H groups in total. The molecule has 2 aromatic carbocycles. The van der Waals surface area contributed by atoms with E-state index in [1.54, 1.807) is 32.9 Å². The number of alkyl halides is 3. The van der Waals surface area contributed by atoms with Crippen LogP contribution in [-0.2, 0) is 21.9 Å². The zero-order chi connectivity index (χ0) is 33.4. The minimum Gasteiger partial charge on any atom is -0.506 e. The summed E-state index contributed by atoms with van der Waals surface area (Å²) in [7, 11) is -2.60. The van der Waals surface area contributed by atoms with Gasteiger partial charge in [-0.05, 0) is 74.3 Å². The summed E-state index contributed by atoms with van der Waals surface area (Å²) in [6.45, 7) is 14.1. The number of carboxylic acid groups (broad SMARTS) is 1. The minimum atomic E-state index is -4.90. The van der Waals surface area contributed by atoms with Crippen LogP contribution in [0.4, 0.5) is 23.7 Å². The Morgan fingerprint density at radius 3 is 2.25 bits per heavy atom. The predicted molar refractivity (Wildman–Crippen MR) is 163 cm³/mol. The van der Waals surface area contributed by atoms with Crippen molar-refractivity contribution in [1.29, 1.82) is 0 Å². The van der Waals surface area contributed by atoms with Crippen LogP contribution in [0.1, 0.15) is 80.3 Å². The summed E-state index contributed by atoms with van der Waals surface area (Å²) < 4.78 is 54.9. The van der Waals surface area contributed by atoms with Crippen molar-refractivity contribution in [1.82, 2.24) is 4.90 Å². The summed E-state index contributed by atoms with van der Waals surface area (Å²) in [5.41, 5.74) is -1.76. The molecule has 9 nitrogen and oxygen atoms in total. The van der Waals surface area contributed by atoms with Crippen LogP contribution in [0.3, 0.4) is 0 Å². The Morgan fingerprint density at radius 1 is 1.07 bits per heavy atom. The van der Waals surface area contributed by atoms with E-state index in [9.17, 15) is 38.1 Å². The lowest BCUT2D eigenvalue weighted by molar-refractivity contribution is -0.138. The average molecular weight is 639 g/mol. The van der Waals surface area contributed by atoms with Crippen LogP contribution < -0.4 is 5.32 Å². The summed E-state index contributed by atoms with van der Waals surface area (Å²) in [4.78, 5) is 26.2.